The predicted octanol–water partition coefficient (Wildman–Crippen LogP) is 1.87. The first-order valence-electron chi connectivity index (χ1n) is 4.85. The van der Waals surface area contributed by atoms with Crippen molar-refractivity contribution in [3.05, 3.63) is 33.8 Å². The van der Waals surface area contributed by atoms with Crippen LogP contribution in [0.1, 0.15) is 15.9 Å². The molecule has 0 radical (unpaired) electrons. The van der Waals surface area contributed by atoms with Gasteiger partial charge in [-0.1, -0.05) is 15.9 Å². The van der Waals surface area contributed by atoms with Crippen molar-refractivity contribution in [2.24, 2.45) is 0 Å². The number of hydrogen-bond acceptors (Lipinski definition) is 2. The fourth-order valence-electron chi connectivity index (χ4n) is 1.20. The van der Waals surface area contributed by atoms with Gasteiger partial charge >= 0.3 is 0 Å². The minimum Gasteiger partial charge on any atom is -0.351 e. The van der Waals surface area contributed by atoms with E-state index in [2.05, 4.69) is 21.2 Å². The van der Waals surface area contributed by atoms with Crippen LogP contribution < -0.4 is 5.32 Å². The Morgan fingerprint density at radius 3 is 2.75 bits per heavy atom. The first-order chi connectivity index (χ1) is 7.50. The van der Waals surface area contributed by atoms with E-state index in [4.69, 9.17) is 0 Å². The molecule has 0 fully saturated rings. The maximum Gasteiger partial charge on any atom is 0.251 e. The summed E-state index contributed by atoms with van der Waals surface area (Å²) in [4.78, 5) is 11.7. The van der Waals surface area contributed by atoms with Gasteiger partial charge in [0.15, 0.2) is 0 Å². The zero-order chi connectivity index (χ0) is 12.1. The van der Waals surface area contributed by atoms with Gasteiger partial charge in [0.25, 0.3) is 5.91 Å². The highest BCUT2D eigenvalue weighted by molar-refractivity contribution is 9.10. The van der Waals surface area contributed by atoms with Gasteiger partial charge in [-0.2, -0.15) is 0 Å². The average Bonchev–Trinajstić information content (AvgIpc) is 2.21. The Morgan fingerprint density at radius 2 is 2.19 bits per heavy atom. The van der Waals surface area contributed by atoms with Gasteiger partial charge in [0, 0.05) is 39.4 Å². The molecule has 3 nitrogen and oxygen atoms in total. The molecule has 1 aromatic carbocycles. The highest BCUT2D eigenvalue weighted by Gasteiger charge is 2.06. The maximum atomic E-state index is 11.7. The van der Waals surface area contributed by atoms with E-state index in [1.165, 1.54) is 0 Å². The Morgan fingerprint density at radius 1 is 1.50 bits per heavy atom. The predicted molar refractivity (Wildman–Crippen MR) is 70.1 cm³/mol. The Hall–Kier alpha value is -0.680. The zero-order valence-corrected chi connectivity index (χ0v) is 11.7. The van der Waals surface area contributed by atoms with Crippen molar-refractivity contribution in [1.82, 2.24) is 5.32 Å². The lowest BCUT2D eigenvalue weighted by Crippen LogP contribution is -2.27. The molecule has 0 spiro atoms. The third-order valence-corrected chi connectivity index (χ3v) is 3.76. The molecule has 1 amide bonds. The summed E-state index contributed by atoms with van der Waals surface area (Å²) in [5.41, 5.74) is 1.65. The molecular formula is C11H14BrNO2S. The average molecular weight is 304 g/mol. The molecule has 0 saturated carbocycles. The van der Waals surface area contributed by atoms with Crippen molar-refractivity contribution in [2.45, 2.75) is 6.92 Å². The van der Waals surface area contributed by atoms with E-state index in [0.717, 1.165) is 10.0 Å². The number of hydrogen-bond donors (Lipinski definition) is 1. The molecule has 1 unspecified atom stereocenters. The second-order valence-electron chi connectivity index (χ2n) is 3.50. The van der Waals surface area contributed by atoms with Crippen LogP contribution in [0, 0.1) is 6.92 Å². The van der Waals surface area contributed by atoms with Crippen LogP contribution in [-0.4, -0.2) is 28.7 Å². The van der Waals surface area contributed by atoms with Crippen LogP contribution in [0.2, 0.25) is 0 Å². The number of aryl methyl sites for hydroxylation is 1. The lowest BCUT2D eigenvalue weighted by atomic mass is 10.1. The molecule has 1 rings (SSSR count). The van der Waals surface area contributed by atoms with E-state index < -0.39 is 10.8 Å². The van der Waals surface area contributed by atoms with Crippen molar-refractivity contribution in [2.75, 3.05) is 18.6 Å². The van der Waals surface area contributed by atoms with Crippen molar-refractivity contribution in [1.29, 1.82) is 0 Å². The minimum absolute atomic E-state index is 0.124. The SMILES string of the molecule is Cc1cc(C(=O)NCCS(C)=O)ccc1Br. The van der Waals surface area contributed by atoms with Crippen LogP contribution in [0.25, 0.3) is 0 Å². The standard InChI is InChI=1S/C11H14BrNO2S/c1-8-7-9(3-4-10(8)12)11(14)13-5-6-16(2)15/h3-4,7H,5-6H2,1-2H3,(H,13,14). The van der Waals surface area contributed by atoms with Crippen LogP contribution >= 0.6 is 15.9 Å². The molecule has 0 aliphatic heterocycles. The molecule has 16 heavy (non-hydrogen) atoms. The largest absolute Gasteiger partial charge is 0.351 e. The number of rotatable bonds is 4. The van der Waals surface area contributed by atoms with Gasteiger partial charge in [-0.3, -0.25) is 9.00 Å². The third-order valence-electron chi connectivity index (χ3n) is 2.10. The van der Waals surface area contributed by atoms with Crippen molar-refractivity contribution < 1.29 is 9.00 Å². The van der Waals surface area contributed by atoms with Crippen molar-refractivity contribution >= 4 is 32.6 Å². The van der Waals surface area contributed by atoms with Gasteiger partial charge in [0.05, 0.1) is 0 Å². The summed E-state index contributed by atoms with van der Waals surface area (Å²) in [6.07, 6.45) is 1.62. The Balaban J connectivity index is 2.59. The fourth-order valence-corrected chi connectivity index (χ4v) is 1.83. The van der Waals surface area contributed by atoms with E-state index >= 15 is 0 Å². The summed E-state index contributed by atoms with van der Waals surface area (Å²) in [6, 6.07) is 5.43. The first-order valence-corrected chi connectivity index (χ1v) is 7.37. The monoisotopic (exact) mass is 303 g/mol. The fraction of sp³-hybridized carbons (Fsp3) is 0.364. The van der Waals surface area contributed by atoms with Gasteiger partial charge in [0.2, 0.25) is 0 Å². The number of nitrogens with one attached hydrogen (secondary N) is 1. The summed E-state index contributed by atoms with van der Waals surface area (Å²) >= 11 is 3.38. The number of halogens is 1. The van der Waals surface area contributed by atoms with E-state index in [0.29, 0.717) is 17.9 Å². The molecule has 0 aromatic heterocycles. The second-order valence-corrected chi connectivity index (χ2v) is 5.91. The second kappa shape index (κ2) is 6.15. The molecule has 1 atom stereocenters. The summed E-state index contributed by atoms with van der Waals surface area (Å²) in [5.74, 6) is 0.363. The highest BCUT2D eigenvalue weighted by Crippen LogP contribution is 2.16. The van der Waals surface area contributed by atoms with Crippen LogP contribution in [0.5, 0.6) is 0 Å². The Bertz CT molecular complexity index is 420. The highest BCUT2D eigenvalue weighted by atomic mass is 79.9. The molecule has 0 saturated heterocycles. The molecule has 5 heteroatoms. The number of amides is 1. The number of benzene rings is 1. The van der Waals surface area contributed by atoms with E-state index in [1.54, 1.807) is 12.3 Å². The maximum absolute atomic E-state index is 11.7. The molecule has 88 valence electrons. The quantitative estimate of drug-likeness (QED) is 0.923. The van der Waals surface area contributed by atoms with Crippen LogP contribution in [0.15, 0.2) is 22.7 Å². The smallest absolute Gasteiger partial charge is 0.251 e. The number of carbonyl (C=O) groups is 1. The zero-order valence-electron chi connectivity index (χ0n) is 9.25. The molecule has 0 heterocycles. The normalized spacial score (nSPS) is 12.2. The van der Waals surface area contributed by atoms with Crippen molar-refractivity contribution in [3.8, 4) is 0 Å². The molecule has 0 aliphatic rings. The van der Waals surface area contributed by atoms with Gasteiger partial charge < -0.3 is 5.32 Å². The third kappa shape index (κ3) is 4.06. The van der Waals surface area contributed by atoms with Crippen LogP contribution in [-0.2, 0) is 10.8 Å². The van der Waals surface area contributed by atoms with Gasteiger partial charge in [0.1, 0.15) is 0 Å². The minimum atomic E-state index is -0.869. The topological polar surface area (TPSA) is 46.2 Å². The molecule has 1 N–H and O–H groups in total. The lowest BCUT2D eigenvalue weighted by Gasteiger charge is -2.05. The molecule has 1 aromatic rings. The Kier molecular flexibility index (Phi) is 5.15. The van der Waals surface area contributed by atoms with Crippen molar-refractivity contribution in [3.63, 3.8) is 0 Å². The van der Waals surface area contributed by atoms with E-state index in [1.807, 2.05) is 19.1 Å². The van der Waals surface area contributed by atoms with Gasteiger partial charge in [-0.05, 0) is 30.7 Å². The van der Waals surface area contributed by atoms with E-state index in [9.17, 15) is 9.00 Å². The summed E-state index contributed by atoms with van der Waals surface area (Å²) < 4.78 is 11.8. The van der Waals surface area contributed by atoms with Gasteiger partial charge in [-0.15, -0.1) is 0 Å². The summed E-state index contributed by atoms with van der Waals surface area (Å²) in [5, 5.41) is 2.73. The van der Waals surface area contributed by atoms with E-state index in [-0.39, 0.29) is 5.91 Å². The lowest BCUT2D eigenvalue weighted by molar-refractivity contribution is 0.0956. The first kappa shape index (κ1) is 13.4. The number of carbonyl (C=O) groups excluding carboxylic acids is 1. The molecular weight excluding hydrogens is 290 g/mol. The summed E-state index contributed by atoms with van der Waals surface area (Å²) in [7, 11) is -0.869. The van der Waals surface area contributed by atoms with Gasteiger partial charge in [-0.25, -0.2) is 0 Å². The Labute approximate surface area is 106 Å². The molecule has 0 bridgehead atoms. The molecule has 0 aliphatic carbocycles. The van der Waals surface area contributed by atoms with Crippen LogP contribution in [0.4, 0.5) is 0 Å². The van der Waals surface area contributed by atoms with Crippen LogP contribution in [0.3, 0.4) is 0 Å². The summed E-state index contributed by atoms with van der Waals surface area (Å²) in [6.45, 7) is 2.37.